The monoisotopic (exact) mass is 371 g/mol. The molecule has 0 radical (unpaired) electrons. The first-order valence-electron chi connectivity index (χ1n) is 5.53. The molecule has 0 bridgehead atoms. The summed E-state index contributed by atoms with van der Waals surface area (Å²) < 4.78 is 6.03. The maximum atomic E-state index is 11.2. The van der Waals surface area contributed by atoms with Crippen molar-refractivity contribution in [1.82, 2.24) is 0 Å². The minimum atomic E-state index is -1.33. The highest BCUT2D eigenvalue weighted by molar-refractivity contribution is 9.10. The molecule has 0 atom stereocenters. The first-order chi connectivity index (χ1) is 9.90. The van der Waals surface area contributed by atoms with Crippen LogP contribution < -0.4 is 4.74 Å². The average Bonchev–Trinajstić information content (AvgIpc) is 2.42. The van der Waals surface area contributed by atoms with Crippen LogP contribution in [0.25, 0.3) is 0 Å². The van der Waals surface area contributed by atoms with Gasteiger partial charge in [-0.1, -0.05) is 33.6 Å². The molecule has 6 nitrogen and oxygen atoms in total. The second kappa shape index (κ2) is 6.11. The molecule has 0 aliphatic rings. The van der Waals surface area contributed by atoms with Crippen LogP contribution in [0.5, 0.6) is 11.5 Å². The van der Waals surface area contributed by atoms with Gasteiger partial charge in [0.05, 0.1) is 9.95 Å². The van der Waals surface area contributed by atoms with E-state index in [4.69, 9.17) is 21.4 Å². The van der Waals surface area contributed by atoms with Crippen molar-refractivity contribution in [3.63, 3.8) is 0 Å². The minimum Gasteiger partial charge on any atom is -0.478 e. The van der Waals surface area contributed by atoms with Crippen LogP contribution in [0, 0.1) is 10.1 Å². The number of nitro groups is 1. The van der Waals surface area contributed by atoms with Crippen molar-refractivity contribution >= 4 is 39.2 Å². The minimum absolute atomic E-state index is 0.114. The Balaban J connectivity index is 2.59. The fourth-order valence-corrected chi connectivity index (χ4v) is 2.11. The molecule has 8 heteroatoms. The molecule has 0 spiro atoms. The summed E-state index contributed by atoms with van der Waals surface area (Å²) in [6.45, 7) is 0. The lowest BCUT2D eigenvalue weighted by Gasteiger charge is -2.10. The van der Waals surface area contributed by atoms with E-state index >= 15 is 0 Å². The zero-order valence-corrected chi connectivity index (χ0v) is 12.6. The highest BCUT2D eigenvalue weighted by Crippen LogP contribution is 2.38. The molecule has 0 aliphatic heterocycles. The van der Waals surface area contributed by atoms with Gasteiger partial charge in [0, 0.05) is 10.5 Å². The number of aromatic carboxylic acids is 1. The summed E-state index contributed by atoms with van der Waals surface area (Å²) in [4.78, 5) is 21.5. The third-order valence-corrected chi connectivity index (χ3v) is 3.33. The van der Waals surface area contributed by atoms with Gasteiger partial charge in [0.2, 0.25) is 5.75 Å². The van der Waals surface area contributed by atoms with E-state index in [1.165, 1.54) is 24.3 Å². The van der Waals surface area contributed by atoms with Gasteiger partial charge in [-0.2, -0.15) is 0 Å². The number of hydrogen-bond acceptors (Lipinski definition) is 4. The van der Waals surface area contributed by atoms with Crippen molar-refractivity contribution in [2.45, 2.75) is 0 Å². The molecule has 0 unspecified atom stereocenters. The van der Waals surface area contributed by atoms with Crippen LogP contribution in [0.4, 0.5) is 5.69 Å². The predicted octanol–water partition coefficient (Wildman–Crippen LogP) is 4.50. The van der Waals surface area contributed by atoms with Crippen molar-refractivity contribution in [1.29, 1.82) is 0 Å². The van der Waals surface area contributed by atoms with Crippen LogP contribution in [0.1, 0.15) is 10.4 Å². The van der Waals surface area contributed by atoms with Gasteiger partial charge in [-0.15, -0.1) is 0 Å². The molecular formula is C13H7BrClNO5. The number of benzene rings is 2. The summed E-state index contributed by atoms with van der Waals surface area (Å²) in [5.41, 5.74) is -0.772. The number of carbonyl (C=O) groups is 1. The number of nitrogens with zero attached hydrogens (tertiary/aromatic N) is 1. The lowest BCUT2D eigenvalue weighted by molar-refractivity contribution is -0.385. The highest BCUT2D eigenvalue weighted by Gasteiger charge is 2.24. The molecule has 2 aromatic rings. The van der Waals surface area contributed by atoms with Crippen molar-refractivity contribution in [3.8, 4) is 11.5 Å². The summed E-state index contributed by atoms with van der Waals surface area (Å²) >= 11 is 9.16. The summed E-state index contributed by atoms with van der Waals surface area (Å²) in [7, 11) is 0. The predicted molar refractivity (Wildman–Crippen MR) is 79.3 cm³/mol. The Bertz CT molecular complexity index is 702. The van der Waals surface area contributed by atoms with Crippen LogP contribution in [0.2, 0.25) is 5.02 Å². The van der Waals surface area contributed by atoms with Crippen LogP contribution in [0.15, 0.2) is 40.9 Å². The van der Waals surface area contributed by atoms with E-state index in [1.54, 1.807) is 6.07 Å². The second-order valence-corrected chi connectivity index (χ2v) is 5.22. The fourth-order valence-electron chi connectivity index (χ4n) is 1.61. The van der Waals surface area contributed by atoms with Gasteiger partial charge in [0.1, 0.15) is 11.3 Å². The number of rotatable bonds is 4. The SMILES string of the molecule is O=C(O)c1cccc([N+](=O)[O-])c1Oc1cc(Br)ccc1Cl. The molecule has 0 amide bonds. The lowest BCUT2D eigenvalue weighted by Crippen LogP contribution is -2.03. The van der Waals surface area contributed by atoms with E-state index < -0.39 is 16.6 Å². The van der Waals surface area contributed by atoms with Crippen LogP contribution in [-0.2, 0) is 0 Å². The van der Waals surface area contributed by atoms with Crippen molar-refractivity contribution in [3.05, 3.63) is 61.6 Å². The van der Waals surface area contributed by atoms with E-state index in [0.717, 1.165) is 6.07 Å². The van der Waals surface area contributed by atoms with Gasteiger partial charge in [0.25, 0.3) is 0 Å². The molecule has 0 saturated carbocycles. The molecule has 0 aliphatic carbocycles. The zero-order valence-electron chi connectivity index (χ0n) is 10.2. The number of hydrogen-bond donors (Lipinski definition) is 1. The standard InChI is InChI=1S/C13H7BrClNO5/c14-7-4-5-9(15)11(6-7)21-12-8(13(17)18)2-1-3-10(12)16(19)20/h1-6H,(H,17,18). The molecule has 0 saturated heterocycles. The van der Waals surface area contributed by atoms with Crippen molar-refractivity contribution in [2.24, 2.45) is 0 Å². The molecule has 108 valence electrons. The quantitative estimate of drug-likeness (QED) is 0.630. The number of nitro benzene ring substituents is 1. The summed E-state index contributed by atoms with van der Waals surface area (Å²) in [5, 5.41) is 20.4. The first-order valence-corrected chi connectivity index (χ1v) is 6.71. The van der Waals surface area contributed by atoms with Crippen LogP contribution >= 0.6 is 27.5 Å². The van der Waals surface area contributed by atoms with Gasteiger partial charge < -0.3 is 9.84 Å². The molecule has 0 fully saturated rings. The van der Waals surface area contributed by atoms with E-state index in [0.29, 0.717) is 4.47 Å². The fraction of sp³-hybridized carbons (Fsp3) is 0. The van der Waals surface area contributed by atoms with Gasteiger partial charge in [-0.05, 0) is 24.3 Å². The Labute approximate surface area is 132 Å². The molecule has 1 N–H and O–H groups in total. The van der Waals surface area contributed by atoms with Crippen molar-refractivity contribution < 1.29 is 19.6 Å². The summed E-state index contributed by atoms with van der Waals surface area (Å²) in [6, 6.07) is 8.33. The van der Waals surface area contributed by atoms with E-state index in [9.17, 15) is 14.9 Å². The highest BCUT2D eigenvalue weighted by atomic mass is 79.9. The van der Waals surface area contributed by atoms with Gasteiger partial charge in [-0.3, -0.25) is 10.1 Å². The van der Waals surface area contributed by atoms with Crippen LogP contribution in [-0.4, -0.2) is 16.0 Å². The smallest absolute Gasteiger partial charge is 0.339 e. The Hall–Kier alpha value is -2.12. The number of carboxylic acids is 1. The van der Waals surface area contributed by atoms with E-state index in [1.807, 2.05) is 0 Å². The maximum absolute atomic E-state index is 11.2. The van der Waals surface area contributed by atoms with E-state index in [-0.39, 0.29) is 22.1 Å². The Morgan fingerprint density at radius 3 is 2.67 bits per heavy atom. The summed E-state index contributed by atoms with van der Waals surface area (Å²) in [6.07, 6.45) is 0. The second-order valence-electron chi connectivity index (χ2n) is 3.89. The Morgan fingerprint density at radius 1 is 1.33 bits per heavy atom. The molecule has 0 aromatic heterocycles. The van der Waals surface area contributed by atoms with Crippen LogP contribution in [0.3, 0.4) is 0 Å². The van der Waals surface area contributed by atoms with Crippen molar-refractivity contribution in [2.75, 3.05) is 0 Å². The maximum Gasteiger partial charge on any atom is 0.339 e. The number of halogens is 2. The third-order valence-electron chi connectivity index (χ3n) is 2.53. The van der Waals surface area contributed by atoms with Gasteiger partial charge in [-0.25, -0.2) is 4.79 Å². The van der Waals surface area contributed by atoms with Gasteiger partial charge in [0.15, 0.2) is 0 Å². The number of para-hydroxylation sites is 1. The molecule has 21 heavy (non-hydrogen) atoms. The third kappa shape index (κ3) is 3.32. The normalized spacial score (nSPS) is 10.2. The number of ether oxygens (including phenoxy) is 1. The topological polar surface area (TPSA) is 89.7 Å². The summed E-state index contributed by atoms with van der Waals surface area (Å²) in [5.74, 6) is -1.59. The molecule has 2 aromatic carbocycles. The largest absolute Gasteiger partial charge is 0.478 e. The molecule has 0 heterocycles. The first kappa shape index (κ1) is 15.3. The Kier molecular flexibility index (Phi) is 4.44. The lowest BCUT2D eigenvalue weighted by atomic mass is 10.1. The Morgan fingerprint density at radius 2 is 2.05 bits per heavy atom. The molecular weight excluding hydrogens is 366 g/mol. The van der Waals surface area contributed by atoms with E-state index in [2.05, 4.69) is 15.9 Å². The number of carboxylic acid groups (broad SMARTS) is 1. The molecule has 2 rings (SSSR count). The zero-order chi connectivity index (χ0) is 15.6. The van der Waals surface area contributed by atoms with Gasteiger partial charge >= 0.3 is 11.7 Å². The average molecular weight is 373 g/mol.